The Morgan fingerprint density at radius 1 is 0.980 bits per heavy atom. The molecule has 1 unspecified atom stereocenters. The quantitative estimate of drug-likeness (QED) is 0.0959. The van der Waals surface area contributed by atoms with E-state index in [1.165, 1.54) is 12.1 Å². The van der Waals surface area contributed by atoms with Gasteiger partial charge in [0.05, 0.1) is 30.9 Å². The number of halogens is 1. The molecule has 262 valence electrons. The minimum atomic E-state index is -3.23. The maximum Gasteiger partial charge on any atom is 0.258 e. The van der Waals surface area contributed by atoms with Gasteiger partial charge in [0.1, 0.15) is 11.6 Å². The van der Waals surface area contributed by atoms with E-state index in [4.69, 9.17) is 17.0 Å². The number of imidazole rings is 1. The van der Waals surface area contributed by atoms with Crippen LogP contribution in [0, 0.1) is 17.5 Å². The fourth-order valence-corrected chi connectivity index (χ4v) is 11.2. The highest BCUT2D eigenvalue weighted by Crippen LogP contribution is 2.41. The van der Waals surface area contributed by atoms with Gasteiger partial charge < -0.3 is 19.1 Å². The van der Waals surface area contributed by atoms with Crippen molar-refractivity contribution >= 4 is 30.9 Å². The second kappa shape index (κ2) is 15.1. The second-order valence-corrected chi connectivity index (χ2v) is 18.0. The lowest BCUT2D eigenvalue weighted by atomic mass is 9.97. The second-order valence-electron chi connectivity index (χ2n) is 13.7. The summed E-state index contributed by atoms with van der Waals surface area (Å²) < 4.78 is 23.7. The molecule has 0 saturated carbocycles. The van der Waals surface area contributed by atoms with E-state index < -0.39 is 19.4 Å². The fourth-order valence-electron chi connectivity index (χ4n) is 7.11. The Morgan fingerprint density at radius 2 is 1.63 bits per heavy atom. The monoisotopic (exact) mass is 718 g/mol. The van der Waals surface area contributed by atoms with E-state index in [9.17, 15) is 14.0 Å². The molecular formula is C41H43FN4O3SSi. The number of methoxy groups -OCH3 is 1. The normalized spacial score (nSPS) is 12.5. The van der Waals surface area contributed by atoms with E-state index >= 15 is 0 Å². The van der Waals surface area contributed by atoms with Crippen LogP contribution in [0.25, 0.3) is 5.69 Å². The van der Waals surface area contributed by atoms with E-state index in [-0.39, 0.29) is 11.4 Å². The SMILES string of the molecule is COc1cc(Cc2c[nH]c(=S)n(C(CCCC(C)(C)[Si](O)(c3ccccc3)c3ccccc3)c3ccc(F)cc3)c2=O)ccc1-n1cnc(C)c1. The Bertz CT molecular complexity index is 2180. The first-order valence-corrected chi connectivity index (χ1v) is 19.5. The van der Waals surface area contributed by atoms with Gasteiger partial charge >= 0.3 is 0 Å². The van der Waals surface area contributed by atoms with Crippen molar-refractivity contribution in [1.82, 2.24) is 19.1 Å². The minimum absolute atomic E-state index is 0.208. The molecule has 0 radical (unpaired) electrons. The zero-order chi connectivity index (χ0) is 36.2. The summed E-state index contributed by atoms with van der Waals surface area (Å²) >= 11 is 5.76. The summed E-state index contributed by atoms with van der Waals surface area (Å²) in [4.78, 5) is 34.5. The molecule has 1 atom stereocenters. The molecule has 0 saturated heterocycles. The Labute approximate surface area is 304 Å². The molecule has 2 aromatic heterocycles. The first kappa shape index (κ1) is 35.9. The number of nitrogens with zero attached hydrogens (tertiary/aromatic N) is 3. The third-order valence-corrected chi connectivity index (χ3v) is 14.8. The van der Waals surface area contributed by atoms with Gasteiger partial charge in [-0.1, -0.05) is 99.1 Å². The first-order valence-electron chi connectivity index (χ1n) is 17.1. The van der Waals surface area contributed by atoms with Crippen LogP contribution in [0.5, 0.6) is 5.75 Å². The zero-order valence-electron chi connectivity index (χ0n) is 29.3. The van der Waals surface area contributed by atoms with Crippen molar-refractivity contribution in [2.75, 3.05) is 7.11 Å². The van der Waals surface area contributed by atoms with Crippen molar-refractivity contribution in [2.45, 2.75) is 57.5 Å². The van der Waals surface area contributed by atoms with Crippen LogP contribution in [-0.4, -0.2) is 39.3 Å². The molecular weight excluding hydrogens is 676 g/mol. The topological polar surface area (TPSA) is 85.1 Å². The van der Waals surface area contributed by atoms with Crippen LogP contribution in [0.3, 0.4) is 0 Å². The van der Waals surface area contributed by atoms with E-state index in [0.29, 0.717) is 41.8 Å². The lowest BCUT2D eigenvalue weighted by Gasteiger charge is -2.41. The Morgan fingerprint density at radius 3 is 2.22 bits per heavy atom. The maximum absolute atomic E-state index is 14.3. The average molecular weight is 719 g/mol. The van der Waals surface area contributed by atoms with Gasteiger partial charge in [0.15, 0.2) is 4.77 Å². The van der Waals surface area contributed by atoms with Gasteiger partial charge in [0.2, 0.25) is 0 Å². The van der Waals surface area contributed by atoms with Crippen molar-refractivity contribution in [2.24, 2.45) is 0 Å². The maximum atomic E-state index is 14.3. The van der Waals surface area contributed by atoms with Crippen molar-refractivity contribution in [3.05, 3.63) is 165 Å². The molecule has 0 aliphatic carbocycles. The van der Waals surface area contributed by atoms with Crippen molar-refractivity contribution in [3.63, 3.8) is 0 Å². The highest BCUT2D eigenvalue weighted by Gasteiger charge is 2.49. The molecule has 2 N–H and O–H groups in total. The summed E-state index contributed by atoms with van der Waals surface area (Å²) in [5.41, 5.74) is 3.76. The lowest BCUT2D eigenvalue weighted by molar-refractivity contribution is 0.412. The van der Waals surface area contributed by atoms with Gasteiger partial charge in [0, 0.05) is 24.4 Å². The van der Waals surface area contributed by atoms with Crippen LogP contribution in [0.15, 0.2) is 127 Å². The fraction of sp³-hybridized carbons (Fsp3) is 0.244. The number of aromatic amines is 1. The number of aryl methyl sites for hydroxylation is 1. The van der Waals surface area contributed by atoms with E-state index in [2.05, 4.69) is 23.8 Å². The van der Waals surface area contributed by atoms with Crippen LogP contribution in [0.4, 0.5) is 4.39 Å². The standard InChI is InChI=1S/C41H43FN4O3SSi/c1-29-27-45(28-44-29)37-22-17-30(25-38(37)49-4)24-32-26-43-40(50)46(39(32)47)36(31-18-20-33(42)21-19-31)16-11-23-41(2,3)51(48,34-12-7-5-8-13-34)35-14-9-6-10-15-35/h5-10,12-15,17-22,25-28,36,48H,11,16,23-24H2,1-4H3,(H,43,50). The Balaban J connectivity index is 1.32. The number of nitrogens with one attached hydrogen (secondary N) is 1. The van der Waals surface area contributed by atoms with Gasteiger partial charge in [-0.15, -0.1) is 0 Å². The molecule has 6 rings (SSSR count). The molecule has 0 spiro atoms. The van der Waals surface area contributed by atoms with Crippen LogP contribution >= 0.6 is 12.2 Å². The van der Waals surface area contributed by atoms with Gasteiger partial charge in [-0.2, -0.15) is 0 Å². The Hall–Kier alpha value is -4.90. The molecule has 0 fully saturated rings. The highest BCUT2D eigenvalue weighted by molar-refractivity contribution is 7.71. The summed E-state index contributed by atoms with van der Waals surface area (Å²) in [5, 5.41) is 1.43. The molecule has 0 amide bonds. The Kier molecular flexibility index (Phi) is 10.7. The average Bonchev–Trinajstić information content (AvgIpc) is 3.58. The van der Waals surface area contributed by atoms with E-state index in [1.54, 1.807) is 36.3 Å². The predicted octanol–water partition coefficient (Wildman–Crippen LogP) is 7.43. The number of hydrogen-bond acceptors (Lipinski definition) is 5. The molecule has 10 heteroatoms. The lowest BCUT2D eigenvalue weighted by Crippen LogP contribution is -2.65. The highest BCUT2D eigenvalue weighted by atomic mass is 32.1. The minimum Gasteiger partial charge on any atom is -0.495 e. The molecule has 4 aromatic carbocycles. The smallest absolute Gasteiger partial charge is 0.258 e. The molecule has 7 nitrogen and oxygen atoms in total. The third kappa shape index (κ3) is 7.44. The van der Waals surface area contributed by atoms with Gasteiger partial charge in [-0.05, 0) is 82.8 Å². The number of benzene rings is 4. The summed E-state index contributed by atoms with van der Waals surface area (Å²) in [7, 11) is -1.61. The van der Waals surface area contributed by atoms with Gasteiger partial charge in [0.25, 0.3) is 13.9 Å². The van der Waals surface area contributed by atoms with Crippen LogP contribution in [-0.2, 0) is 6.42 Å². The number of H-pyrrole nitrogens is 1. The van der Waals surface area contributed by atoms with Crippen molar-refractivity contribution in [1.29, 1.82) is 0 Å². The zero-order valence-corrected chi connectivity index (χ0v) is 31.2. The van der Waals surface area contributed by atoms with Crippen molar-refractivity contribution < 1.29 is 13.9 Å². The summed E-state index contributed by atoms with van der Waals surface area (Å²) in [6, 6.07) is 31.6. The molecule has 51 heavy (non-hydrogen) atoms. The molecule has 6 aromatic rings. The summed E-state index contributed by atoms with van der Waals surface area (Å²) in [6.45, 7) is 6.20. The van der Waals surface area contributed by atoms with Crippen LogP contribution in [0.2, 0.25) is 5.04 Å². The van der Waals surface area contributed by atoms with E-state index in [0.717, 1.165) is 32.9 Å². The third-order valence-electron chi connectivity index (χ3n) is 9.92. The van der Waals surface area contributed by atoms with Crippen LogP contribution < -0.4 is 20.7 Å². The van der Waals surface area contributed by atoms with Crippen LogP contribution in [0.1, 0.15) is 61.5 Å². The predicted molar refractivity (Wildman–Crippen MR) is 206 cm³/mol. The molecule has 0 aliphatic rings. The number of rotatable bonds is 13. The molecule has 0 bridgehead atoms. The van der Waals surface area contributed by atoms with E-state index in [1.807, 2.05) is 96.6 Å². The largest absolute Gasteiger partial charge is 0.495 e. The summed E-state index contributed by atoms with van der Waals surface area (Å²) in [5.74, 6) is 0.310. The van der Waals surface area contributed by atoms with Gasteiger partial charge in [-0.3, -0.25) is 9.36 Å². The number of ether oxygens (including phenoxy) is 1. The van der Waals surface area contributed by atoms with Crippen molar-refractivity contribution in [3.8, 4) is 11.4 Å². The summed E-state index contributed by atoms with van der Waals surface area (Å²) in [6.07, 6.45) is 7.61. The number of aromatic nitrogens is 4. The number of hydrogen-bond donors (Lipinski definition) is 2. The van der Waals surface area contributed by atoms with Gasteiger partial charge in [-0.25, -0.2) is 9.37 Å². The first-order chi connectivity index (χ1) is 24.5. The molecule has 0 aliphatic heterocycles. The molecule has 2 heterocycles.